The molecule has 0 bridgehead atoms. The van der Waals surface area contributed by atoms with Crippen LogP contribution >= 0.6 is 0 Å². The Morgan fingerprint density at radius 2 is 1.75 bits per heavy atom. The average molecular weight is 495 g/mol. The molecule has 0 N–H and O–H groups in total. The fraction of sp³-hybridized carbons (Fsp3) is 0.765. The van der Waals surface area contributed by atoms with Crippen molar-refractivity contribution in [3.8, 4) is 0 Å². The molecule has 0 heterocycles. The zero-order valence-electron chi connectivity index (χ0n) is 23.7. The van der Waals surface area contributed by atoms with E-state index in [-0.39, 0.29) is 5.92 Å². The fourth-order valence-corrected chi connectivity index (χ4v) is 7.38. The van der Waals surface area contributed by atoms with Crippen LogP contribution in [0, 0.1) is 30.6 Å². The van der Waals surface area contributed by atoms with E-state index >= 15 is 0 Å². The molecule has 3 rings (SSSR count). The topological polar surface area (TPSA) is 34.1 Å². The predicted molar refractivity (Wildman–Crippen MR) is 152 cm³/mol. The van der Waals surface area contributed by atoms with Gasteiger partial charge in [-0.1, -0.05) is 101 Å². The summed E-state index contributed by atoms with van der Waals surface area (Å²) in [6, 6.07) is 9.06. The van der Waals surface area contributed by atoms with Crippen molar-refractivity contribution in [3.05, 3.63) is 35.4 Å². The maximum Gasteiger partial charge on any atom is 0.136 e. The molecule has 0 amide bonds. The highest BCUT2D eigenvalue weighted by atomic mass is 16.1. The minimum absolute atomic E-state index is 0.267. The molecule has 4 unspecified atom stereocenters. The van der Waals surface area contributed by atoms with Gasteiger partial charge in [0.2, 0.25) is 0 Å². The Kier molecular flexibility index (Phi) is 12.7. The van der Waals surface area contributed by atoms with Gasteiger partial charge >= 0.3 is 0 Å². The molecule has 0 spiro atoms. The van der Waals surface area contributed by atoms with Crippen LogP contribution in [0.15, 0.2) is 24.3 Å². The van der Waals surface area contributed by atoms with Crippen molar-refractivity contribution in [2.75, 3.05) is 0 Å². The molecular formula is C34H54O2. The maximum atomic E-state index is 13.6. The zero-order valence-corrected chi connectivity index (χ0v) is 23.7. The summed E-state index contributed by atoms with van der Waals surface area (Å²) in [5.41, 5.74) is 2.78. The highest BCUT2D eigenvalue weighted by Gasteiger charge is 2.33. The first-order valence-corrected chi connectivity index (χ1v) is 15.6. The highest BCUT2D eigenvalue weighted by Crippen LogP contribution is 2.43. The largest absolute Gasteiger partial charge is 0.300 e. The minimum Gasteiger partial charge on any atom is -0.300 e. The summed E-state index contributed by atoms with van der Waals surface area (Å²) in [5, 5.41) is 0. The lowest BCUT2D eigenvalue weighted by Crippen LogP contribution is -2.28. The van der Waals surface area contributed by atoms with Crippen molar-refractivity contribution in [1.29, 1.82) is 0 Å². The van der Waals surface area contributed by atoms with Gasteiger partial charge in [0, 0.05) is 25.2 Å². The van der Waals surface area contributed by atoms with E-state index in [0.29, 0.717) is 35.7 Å². The molecule has 2 nitrogen and oxygen atoms in total. The van der Waals surface area contributed by atoms with Gasteiger partial charge in [-0.2, -0.15) is 0 Å². The first-order chi connectivity index (χ1) is 17.5. The summed E-state index contributed by atoms with van der Waals surface area (Å²) in [4.78, 5) is 25.4. The molecule has 2 aliphatic carbocycles. The standard InChI is InChI=1S/C34H54O2/c1-4-13-28(23-27-15-7-6-8-16-27)24-34(36)31-19-12-18-30(25-31)33(21-10-9-20-32(35)5-2)29-17-11-14-26(3)22-29/h11,14,17,22,27-28,30-31,33H,4-10,12-13,15-16,18-21,23-25H2,1-3H3. The quantitative estimate of drug-likeness (QED) is 0.227. The number of ketones is 2. The predicted octanol–water partition coefficient (Wildman–Crippen LogP) is 9.77. The van der Waals surface area contributed by atoms with Gasteiger partial charge in [0.25, 0.3) is 0 Å². The molecular weight excluding hydrogens is 440 g/mol. The molecule has 202 valence electrons. The maximum absolute atomic E-state index is 13.6. The van der Waals surface area contributed by atoms with Crippen molar-refractivity contribution in [2.45, 2.75) is 142 Å². The van der Waals surface area contributed by atoms with Crippen LogP contribution < -0.4 is 0 Å². The molecule has 0 radical (unpaired) electrons. The van der Waals surface area contributed by atoms with Crippen LogP contribution in [0.1, 0.15) is 146 Å². The number of unbranched alkanes of at least 4 members (excludes halogenated alkanes) is 1. The Labute approximate surface area is 222 Å². The van der Waals surface area contributed by atoms with Crippen LogP contribution in [0.2, 0.25) is 0 Å². The summed E-state index contributed by atoms with van der Waals surface area (Å²) >= 11 is 0. The third-order valence-corrected chi connectivity index (χ3v) is 9.40. The first kappa shape index (κ1) is 29.1. The fourth-order valence-electron chi connectivity index (χ4n) is 7.38. The Morgan fingerprint density at radius 3 is 2.47 bits per heavy atom. The van der Waals surface area contributed by atoms with Gasteiger partial charge in [-0.15, -0.1) is 0 Å². The molecule has 36 heavy (non-hydrogen) atoms. The Bertz CT molecular complexity index is 790. The van der Waals surface area contributed by atoms with Crippen LogP contribution in [-0.2, 0) is 9.59 Å². The third-order valence-electron chi connectivity index (χ3n) is 9.40. The molecule has 2 saturated carbocycles. The van der Waals surface area contributed by atoms with E-state index in [1.54, 1.807) is 0 Å². The van der Waals surface area contributed by atoms with Crippen molar-refractivity contribution in [2.24, 2.45) is 23.7 Å². The van der Waals surface area contributed by atoms with Crippen LogP contribution in [0.25, 0.3) is 0 Å². The average Bonchev–Trinajstić information content (AvgIpc) is 2.89. The number of benzene rings is 1. The number of Topliss-reactive ketones (excluding diaryl/α,β-unsaturated/α-hetero) is 2. The van der Waals surface area contributed by atoms with Gasteiger partial charge in [-0.3, -0.25) is 9.59 Å². The normalized spacial score (nSPS) is 22.8. The molecule has 4 atom stereocenters. The molecule has 2 fully saturated rings. The van der Waals surface area contributed by atoms with Gasteiger partial charge in [-0.05, 0) is 74.7 Å². The number of aryl methyl sites for hydroxylation is 1. The number of hydrogen-bond donors (Lipinski definition) is 0. The third kappa shape index (κ3) is 9.46. The molecule has 0 saturated heterocycles. The summed E-state index contributed by atoms with van der Waals surface area (Å²) < 4.78 is 0. The highest BCUT2D eigenvalue weighted by molar-refractivity contribution is 5.81. The monoisotopic (exact) mass is 494 g/mol. The van der Waals surface area contributed by atoms with Gasteiger partial charge in [-0.25, -0.2) is 0 Å². The lowest BCUT2D eigenvalue weighted by atomic mass is 9.69. The van der Waals surface area contributed by atoms with E-state index in [4.69, 9.17) is 0 Å². The van der Waals surface area contributed by atoms with E-state index in [9.17, 15) is 9.59 Å². The molecule has 2 aliphatic rings. The van der Waals surface area contributed by atoms with Crippen LogP contribution in [0.4, 0.5) is 0 Å². The van der Waals surface area contributed by atoms with E-state index in [2.05, 4.69) is 38.1 Å². The smallest absolute Gasteiger partial charge is 0.136 e. The number of hydrogen-bond acceptors (Lipinski definition) is 2. The summed E-state index contributed by atoms with van der Waals surface area (Å²) in [6.45, 7) is 6.45. The Balaban J connectivity index is 1.62. The van der Waals surface area contributed by atoms with Crippen LogP contribution in [0.5, 0.6) is 0 Å². The van der Waals surface area contributed by atoms with E-state index in [0.717, 1.165) is 50.9 Å². The Morgan fingerprint density at radius 1 is 0.944 bits per heavy atom. The van der Waals surface area contributed by atoms with Crippen molar-refractivity contribution in [1.82, 2.24) is 0 Å². The van der Waals surface area contributed by atoms with E-state index < -0.39 is 0 Å². The zero-order chi connectivity index (χ0) is 25.8. The molecule has 1 aromatic carbocycles. The lowest BCUT2D eigenvalue weighted by Gasteiger charge is -2.35. The van der Waals surface area contributed by atoms with Crippen molar-refractivity contribution < 1.29 is 9.59 Å². The molecule has 0 aromatic heterocycles. The number of rotatable bonds is 15. The van der Waals surface area contributed by atoms with E-state index in [1.807, 2.05) is 6.92 Å². The summed E-state index contributed by atoms with van der Waals surface area (Å²) in [5.74, 6) is 3.82. The first-order valence-electron chi connectivity index (χ1n) is 15.6. The van der Waals surface area contributed by atoms with Gasteiger partial charge in [0.15, 0.2) is 0 Å². The van der Waals surface area contributed by atoms with Crippen molar-refractivity contribution >= 4 is 11.6 Å². The van der Waals surface area contributed by atoms with Crippen LogP contribution in [-0.4, -0.2) is 11.6 Å². The van der Waals surface area contributed by atoms with Gasteiger partial charge in [0.1, 0.15) is 11.6 Å². The number of carbonyl (C=O) groups is 2. The Hall–Kier alpha value is -1.44. The SMILES string of the molecule is CCCC(CC(=O)C1CCCC(C(CCCCC(=O)CC)c2cccc(C)c2)C1)CC1CCCCC1. The van der Waals surface area contributed by atoms with E-state index in [1.165, 1.54) is 75.3 Å². The molecule has 2 heteroatoms. The summed E-state index contributed by atoms with van der Waals surface area (Å²) in [7, 11) is 0. The number of carbonyl (C=O) groups excluding carboxylic acids is 2. The van der Waals surface area contributed by atoms with Gasteiger partial charge < -0.3 is 0 Å². The van der Waals surface area contributed by atoms with Crippen molar-refractivity contribution in [3.63, 3.8) is 0 Å². The second kappa shape index (κ2) is 15.7. The summed E-state index contributed by atoms with van der Waals surface area (Å²) in [6.07, 6.45) is 20.8. The van der Waals surface area contributed by atoms with Gasteiger partial charge in [0.05, 0.1) is 0 Å². The second-order valence-corrected chi connectivity index (χ2v) is 12.3. The lowest BCUT2D eigenvalue weighted by molar-refractivity contribution is -0.125. The van der Waals surface area contributed by atoms with Crippen LogP contribution in [0.3, 0.4) is 0 Å². The molecule has 1 aromatic rings. The molecule has 0 aliphatic heterocycles. The second-order valence-electron chi connectivity index (χ2n) is 12.3. The minimum atomic E-state index is 0.267.